The van der Waals surface area contributed by atoms with Gasteiger partial charge in [0.25, 0.3) is 0 Å². The van der Waals surface area contributed by atoms with Crippen LogP contribution in [-0.2, 0) is 11.3 Å². The first-order valence-electron chi connectivity index (χ1n) is 8.74. The summed E-state index contributed by atoms with van der Waals surface area (Å²) in [6.07, 6.45) is 0. The first-order chi connectivity index (χ1) is 11.9. The molecule has 0 unspecified atom stereocenters. The van der Waals surface area contributed by atoms with Crippen LogP contribution < -0.4 is 15.4 Å². The van der Waals surface area contributed by atoms with E-state index in [1.807, 2.05) is 18.2 Å². The van der Waals surface area contributed by atoms with Crippen molar-refractivity contribution >= 4 is 29.9 Å². The van der Waals surface area contributed by atoms with Crippen molar-refractivity contribution in [2.75, 3.05) is 47.4 Å². The number of nitrogens with zero attached hydrogens (tertiary/aromatic N) is 2. The van der Waals surface area contributed by atoms with Gasteiger partial charge in [0.1, 0.15) is 11.4 Å². The van der Waals surface area contributed by atoms with E-state index in [2.05, 4.69) is 54.4 Å². The van der Waals surface area contributed by atoms with Crippen LogP contribution in [0.5, 0.6) is 5.75 Å². The summed E-state index contributed by atoms with van der Waals surface area (Å²) in [7, 11) is 5.58. The fourth-order valence-corrected chi connectivity index (χ4v) is 2.20. The van der Waals surface area contributed by atoms with Gasteiger partial charge in [0.2, 0.25) is 0 Å². The molecule has 0 heterocycles. The highest BCUT2D eigenvalue weighted by Crippen LogP contribution is 2.22. The summed E-state index contributed by atoms with van der Waals surface area (Å²) < 4.78 is 11.1. The van der Waals surface area contributed by atoms with Crippen LogP contribution in [-0.4, -0.2) is 63.9 Å². The highest BCUT2D eigenvalue weighted by Gasteiger charge is 2.14. The standard InChI is InChI=1S/C19H34N4O2.HI/c1-19(2,3)25-17-10-8-7-9-16(17)15-22-18(20-4)21-11-12-23(5)13-14-24-6;/h7-10H,11-15H2,1-6H3,(H2,20,21,22);1H. The first-order valence-corrected chi connectivity index (χ1v) is 8.74. The van der Waals surface area contributed by atoms with E-state index in [1.165, 1.54) is 0 Å². The number of aliphatic imine (C=N–C) groups is 1. The van der Waals surface area contributed by atoms with E-state index in [0.29, 0.717) is 6.54 Å². The Labute approximate surface area is 175 Å². The minimum absolute atomic E-state index is 0. The number of likely N-dealkylation sites (N-methyl/N-ethyl adjacent to an activating group) is 1. The summed E-state index contributed by atoms with van der Waals surface area (Å²) in [6.45, 7) is 10.2. The maximum atomic E-state index is 6.03. The zero-order chi connectivity index (χ0) is 18.7. The number of methoxy groups -OCH3 is 1. The largest absolute Gasteiger partial charge is 0.488 e. The number of para-hydroxylation sites is 1. The lowest BCUT2D eigenvalue weighted by Crippen LogP contribution is -2.41. The van der Waals surface area contributed by atoms with Crippen LogP contribution in [0.1, 0.15) is 26.3 Å². The van der Waals surface area contributed by atoms with Crippen molar-refractivity contribution in [2.24, 2.45) is 4.99 Å². The summed E-state index contributed by atoms with van der Waals surface area (Å²) in [5, 5.41) is 6.67. The van der Waals surface area contributed by atoms with E-state index in [-0.39, 0.29) is 29.6 Å². The van der Waals surface area contributed by atoms with Crippen LogP contribution in [0.2, 0.25) is 0 Å². The molecule has 1 rings (SSSR count). The number of halogens is 1. The van der Waals surface area contributed by atoms with Gasteiger partial charge in [-0.05, 0) is 33.9 Å². The second-order valence-electron chi connectivity index (χ2n) is 6.97. The molecule has 26 heavy (non-hydrogen) atoms. The number of rotatable bonds is 9. The average molecular weight is 478 g/mol. The quantitative estimate of drug-likeness (QED) is 0.325. The zero-order valence-corrected chi connectivity index (χ0v) is 19.3. The Bertz CT molecular complexity index is 533. The molecule has 0 amide bonds. The van der Waals surface area contributed by atoms with E-state index in [0.717, 1.165) is 43.5 Å². The Morgan fingerprint density at radius 2 is 1.85 bits per heavy atom. The van der Waals surface area contributed by atoms with Crippen molar-refractivity contribution in [3.05, 3.63) is 29.8 Å². The van der Waals surface area contributed by atoms with E-state index in [1.54, 1.807) is 14.2 Å². The minimum atomic E-state index is -0.219. The van der Waals surface area contributed by atoms with Gasteiger partial charge < -0.3 is 25.0 Å². The highest BCUT2D eigenvalue weighted by atomic mass is 127. The smallest absolute Gasteiger partial charge is 0.191 e. The monoisotopic (exact) mass is 478 g/mol. The molecule has 1 aromatic rings. The van der Waals surface area contributed by atoms with Gasteiger partial charge in [-0.25, -0.2) is 0 Å². The van der Waals surface area contributed by atoms with Gasteiger partial charge >= 0.3 is 0 Å². The van der Waals surface area contributed by atoms with Crippen molar-refractivity contribution in [1.82, 2.24) is 15.5 Å². The van der Waals surface area contributed by atoms with E-state index in [4.69, 9.17) is 9.47 Å². The number of hydrogen-bond acceptors (Lipinski definition) is 4. The van der Waals surface area contributed by atoms with E-state index < -0.39 is 0 Å². The summed E-state index contributed by atoms with van der Waals surface area (Å²) in [5.74, 6) is 1.68. The topological polar surface area (TPSA) is 58.1 Å². The molecule has 0 saturated carbocycles. The summed E-state index contributed by atoms with van der Waals surface area (Å²) >= 11 is 0. The maximum Gasteiger partial charge on any atom is 0.191 e. The second kappa shape index (κ2) is 13.2. The van der Waals surface area contributed by atoms with Crippen LogP contribution in [0, 0.1) is 0 Å². The van der Waals surface area contributed by atoms with Crippen LogP contribution in [0.3, 0.4) is 0 Å². The van der Waals surface area contributed by atoms with Crippen molar-refractivity contribution in [2.45, 2.75) is 32.9 Å². The fourth-order valence-electron chi connectivity index (χ4n) is 2.20. The normalized spacial score (nSPS) is 11.9. The molecule has 0 bridgehead atoms. The number of nitrogens with one attached hydrogen (secondary N) is 2. The number of hydrogen-bond donors (Lipinski definition) is 2. The van der Waals surface area contributed by atoms with Gasteiger partial charge in [-0.2, -0.15) is 0 Å². The molecule has 1 aromatic carbocycles. The Kier molecular flexibility index (Phi) is 12.6. The molecule has 0 spiro atoms. The van der Waals surface area contributed by atoms with Crippen LogP contribution in [0.15, 0.2) is 29.3 Å². The van der Waals surface area contributed by atoms with E-state index in [9.17, 15) is 0 Å². The average Bonchev–Trinajstić information content (AvgIpc) is 2.55. The molecule has 0 radical (unpaired) electrons. The molecular weight excluding hydrogens is 443 g/mol. The Morgan fingerprint density at radius 1 is 1.15 bits per heavy atom. The molecule has 0 fully saturated rings. The SMILES string of the molecule is CN=C(NCCN(C)CCOC)NCc1ccccc1OC(C)(C)C.I. The first kappa shape index (κ1) is 24.9. The third-order valence-electron chi connectivity index (χ3n) is 3.52. The molecule has 0 aliphatic carbocycles. The number of guanidine groups is 1. The van der Waals surface area contributed by atoms with Gasteiger partial charge in [-0.1, -0.05) is 18.2 Å². The molecule has 0 atom stereocenters. The van der Waals surface area contributed by atoms with Gasteiger partial charge in [0, 0.05) is 45.9 Å². The third kappa shape index (κ3) is 10.8. The minimum Gasteiger partial charge on any atom is -0.488 e. The van der Waals surface area contributed by atoms with Gasteiger partial charge in [0.15, 0.2) is 5.96 Å². The van der Waals surface area contributed by atoms with Crippen LogP contribution in [0.25, 0.3) is 0 Å². The van der Waals surface area contributed by atoms with Gasteiger partial charge in [0.05, 0.1) is 6.61 Å². The number of benzene rings is 1. The zero-order valence-electron chi connectivity index (χ0n) is 17.0. The Balaban J connectivity index is 0.00000625. The van der Waals surface area contributed by atoms with Crippen molar-refractivity contribution in [3.63, 3.8) is 0 Å². The van der Waals surface area contributed by atoms with Gasteiger partial charge in [-0.15, -0.1) is 24.0 Å². The lowest BCUT2D eigenvalue weighted by atomic mass is 10.1. The Morgan fingerprint density at radius 3 is 2.46 bits per heavy atom. The third-order valence-corrected chi connectivity index (χ3v) is 3.52. The molecule has 0 aliphatic heterocycles. The number of ether oxygens (including phenoxy) is 2. The molecule has 0 aromatic heterocycles. The molecular formula is C19H35IN4O2. The van der Waals surface area contributed by atoms with Crippen LogP contribution in [0.4, 0.5) is 0 Å². The molecule has 6 nitrogen and oxygen atoms in total. The summed E-state index contributed by atoms with van der Waals surface area (Å²) in [5.41, 5.74) is 0.889. The molecule has 7 heteroatoms. The van der Waals surface area contributed by atoms with Crippen molar-refractivity contribution < 1.29 is 9.47 Å². The predicted octanol–water partition coefficient (Wildman–Crippen LogP) is 2.73. The molecule has 150 valence electrons. The van der Waals surface area contributed by atoms with E-state index >= 15 is 0 Å². The lowest BCUT2D eigenvalue weighted by molar-refractivity contribution is 0.129. The summed E-state index contributed by atoms with van der Waals surface area (Å²) in [6, 6.07) is 8.09. The highest BCUT2D eigenvalue weighted by molar-refractivity contribution is 14.0. The Hall–Kier alpha value is -1.06. The molecule has 2 N–H and O–H groups in total. The van der Waals surface area contributed by atoms with Crippen molar-refractivity contribution in [1.29, 1.82) is 0 Å². The fraction of sp³-hybridized carbons (Fsp3) is 0.632. The second-order valence-corrected chi connectivity index (χ2v) is 6.97. The van der Waals surface area contributed by atoms with Crippen LogP contribution >= 0.6 is 24.0 Å². The molecule has 0 aliphatic rings. The lowest BCUT2D eigenvalue weighted by Gasteiger charge is -2.23. The molecule has 0 saturated heterocycles. The predicted molar refractivity (Wildman–Crippen MR) is 120 cm³/mol. The maximum absolute atomic E-state index is 6.03. The summed E-state index contributed by atoms with van der Waals surface area (Å²) in [4.78, 5) is 6.50. The van der Waals surface area contributed by atoms with Gasteiger partial charge in [-0.3, -0.25) is 4.99 Å². The van der Waals surface area contributed by atoms with Crippen molar-refractivity contribution in [3.8, 4) is 5.75 Å².